The summed E-state index contributed by atoms with van der Waals surface area (Å²) in [4.78, 5) is 15.4. The van der Waals surface area contributed by atoms with Gasteiger partial charge in [-0.15, -0.1) is 10.2 Å². The van der Waals surface area contributed by atoms with Gasteiger partial charge in [-0.3, -0.25) is 9.20 Å². The Bertz CT molecular complexity index is 918. The first kappa shape index (κ1) is 15.2. The minimum atomic E-state index is -0.967. The zero-order chi connectivity index (χ0) is 16.4. The highest BCUT2D eigenvalue weighted by molar-refractivity contribution is 6.30. The zero-order valence-electron chi connectivity index (χ0n) is 12.3. The number of carboxylic acid groups (broad SMARTS) is 1. The quantitative estimate of drug-likeness (QED) is 0.723. The van der Waals surface area contributed by atoms with Crippen molar-refractivity contribution in [1.29, 1.82) is 0 Å². The molecular formula is C16H13ClN4O2. The van der Waals surface area contributed by atoms with Gasteiger partial charge in [0.15, 0.2) is 5.82 Å². The molecule has 2 aromatic heterocycles. The summed E-state index contributed by atoms with van der Waals surface area (Å²) in [6.07, 6.45) is 1.57. The number of aliphatic carboxylic acids is 1. The number of nitrogens with zero attached hydrogens (tertiary/aromatic N) is 4. The van der Waals surface area contributed by atoms with Crippen molar-refractivity contribution in [2.75, 3.05) is 0 Å². The summed E-state index contributed by atoms with van der Waals surface area (Å²) in [5.74, 6) is -0.559. The summed E-state index contributed by atoms with van der Waals surface area (Å²) in [5.41, 5.74) is 2.56. The summed E-state index contributed by atoms with van der Waals surface area (Å²) in [5, 5.41) is 18.0. The van der Waals surface area contributed by atoms with E-state index >= 15 is 0 Å². The number of carboxylic acids is 1. The van der Waals surface area contributed by atoms with Crippen LogP contribution in [-0.2, 0) is 11.2 Å². The van der Waals surface area contributed by atoms with Crippen LogP contribution in [0.4, 0.5) is 11.5 Å². The highest BCUT2D eigenvalue weighted by atomic mass is 35.5. The van der Waals surface area contributed by atoms with Gasteiger partial charge in [0.25, 0.3) is 0 Å². The van der Waals surface area contributed by atoms with Gasteiger partial charge in [0.2, 0.25) is 0 Å². The zero-order valence-corrected chi connectivity index (χ0v) is 13.0. The summed E-state index contributed by atoms with van der Waals surface area (Å²) >= 11 is 5.92. The van der Waals surface area contributed by atoms with Gasteiger partial charge in [-0.05, 0) is 36.8 Å². The van der Waals surface area contributed by atoms with E-state index in [0.29, 0.717) is 27.9 Å². The molecule has 0 aliphatic carbocycles. The second-order valence-electron chi connectivity index (χ2n) is 5.02. The predicted molar refractivity (Wildman–Crippen MR) is 86.9 cm³/mol. The fraction of sp³-hybridized carbons (Fsp3) is 0.125. The number of azo groups is 1. The van der Waals surface area contributed by atoms with Crippen LogP contribution in [0, 0.1) is 6.92 Å². The number of aromatic nitrogens is 2. The summed E-state index contributed by atoms with van der Waals surface area (Å²) in [7, 11) is 0. The molecule has 7 heteroatoms. The first-order valence-electron chi connectivity index (χ1n) is 6.90. The molecule has 0 amide bonds. The van der Waals surface area contributed by atoms with Crippen LogP contribution in [0.1, 0.15) is 11.3 Å². The molecule has 0 bridgehead atoms. The Labute approximate surface area is 137 Å². The Kier molecular flexibility index (Phi) is 4.08. The fourth-order valence-electron chi connectivity index (χ4n) is 2.25. The molecule has 2 heterocycles. The minimum absolute atomic E-state index is 0.217. The van der Waals surface area contributed by atoms with Crippen molar-refractivity contribution < 1.29 is 9.90 Å². The van der Waals surface area contributed by atoms with E-state index in [2.05, 4.69) is 15.2 Å². The topological polar surface area (TPSA) is 79.3 Å². The second kappa shape index (κ2) is 6.18. The number of halogens is 1. The van der Waals surface area contributed by atoms with Crippen molar-refractivity contribution in [1.82, 2.24) is 9.38 Å². The Morgan fingerprint density at radius 3 is 2.87 bits per heavy atom. The van der Waals surface area contributed by atoms with Gasteiger partial charge in [-0.25, -0.2) is 4.98 Å². The average molecular weight is 329 g/mol. The molecule has 1 N–H and O–H groups in total. The fourth-order valence-corrected chi connectivity index (χ4v) is 2.43. The highest BCUT2D eigenvalue weighted by Crippen LogP contribution is 2.26. The van der Waals surface area contributed by atoms with Crippen LogP contribution in [0.25, 0.3) is 5.65 Å². The lowest BCUT2D eigenvalue weighted by molar-refractivity contribution is -0.136. The maximum absolute atomic E-state index is 11.1. The number of imidazole rings is 1. The van der Waals surface area contributed by atoms with E-state index in [9.17, 15) is 4.79 Å². The molecule has 0 saturated heterocycles. The standard InChI is InChI=1S/C16H13ClN4O2/c1-10-4-3-7-21-15(10)18-13(9-14(22)23)16(21)20-19-12-6-2-5-11(17)8-12/h2-8H,9H2,1H3,(H,22,23). The molecule has 0 aliphatic heterocycles. The lowest BCUT2D eigenvalue weighted by Crippen LogP contribution is -2.00. The number of hydrogen-bond donors (Lipinski definition) is 1. The van der Waals surface area contributed by atoms with Crippen molar-refractivity contribution in [2.45, 2.75) is 13.3 Å². The predicted octanol–water partition coefficient (Wildman–Crippen LogP) is 4.34. The van der Waals surface area contributed by atoms with E-state index in [1.165, 1.54) is 0 Å². The number of rotatable bonds is 4. The third-order valence-corrected chi connectivity index (χ3v) is 3.51. The van der Waals surface area contributed by atoms with Gasteiger partial charge in [-0.1, -0.05) is 23.7 Å². The van der Waals surface area contributed by atoms with Crippen LogP contribution in [-0.4, -0.2) is 20.5 Å². The number of pyridine rings is 1. The van der Waals surface area contributed by atoms with Gasteiger partial charge in [0, 0.05) is 11.2 Å². The SMILES string of the molecule is Cc1cccn2c(N=Nc3cccc(Cl)c3)c(CC(=O)O)nc12. The molecule has 0 unspecified atom stereocenters. The number of benzene rings is 1. The number of fused-ring (bicyclic) bond motifs is 1. The van der Waals surface area contributed by atoms with Gasteiger partial charge < -0.3 is 5.11 Å². The molecular weight excluding hydrogens is 316 g/mol. The first-order chi connectivity index (χ1) is 11.0. The monoisotopic (exact) mass is 328 g/mol. The largest absolute Gasteiger partial charge is 0.481 e. The normalized spacial score (nSPS) is 11.4. The molecule has 116 valence electrons. The summed E-state index contributed by atoms with van der Waals surface area (Å²) in [6.45, 7) is 1.91. The molecule has 0 saturated carbocycles. The molecule has 3 aromatic rings. The van der Waals surface area contributed by atoms with Crippen LogP contribution < -0.4 is 0 Å². The average Bonchev–Trinajstić information content (AvgIpc) is 2.83. The van der Waals surface area contributed by atoms with Crippen LogP contribution in [0.3, 0.4) is 0 Å². The molecule has 0 spiro atoms. The van der Waals surface area contributed by atoms with Crippen molar-refractivity contribution in [3.05, 3.63) is 58.9 Å². The molecule has 0 radical (unpaired) electrons. The molecule has 0 aliphatic rings. The Morgan fingerprint density at radius 1 is 1.30 bits per heavy atom. The van der Waals surface area contributed by atoms with E-state index in [1.807, 2.05) is 19.1 Å². The second-order valence-corrected chi connectivity index (χ2v) is 5.45. The smallest absolute Gasteiger partial charge is 0.309 e. The van der Waals surface area contributed by atoms with Gasteiger partial charge in [0.1, 0.15) is 5.65 Å². The highest BCUT2D eigenvalue weighted by Gasteiger charge is 2.15. The Balaban J connectivity index is 2.10. The van der Waals surface area contributed by atoms with E-state index in [4.69, 9.17) is 16.7 Å². The van der Waals surface area contributed by atoms with Crippen LogP contribution in [0.15, 0.2) is 52.8 Å². The van der Waals surface area contributed by atoms with E-state index in [1.54, 1.807) is 34.9 Å². The van der Waals surface area contributed by atoms with Crippen LogP contribution in [0.2, 0.25) is 5.02 Å². The lowest BCUT2D eigenvalue weighted by atomic mass is 10.3. The van der Waals surface area contributed by atoms with Crippen molar-refractivity contribution in [3.8, 4) is 0 Å². The number of aryl methyl sites for hydroxylation is 1. The van der Waals surface area contributed by atoms with Gasteiger partial charge in [-0.2, -0.15) is 0 Å². The minimum Gasteiger partial charge on any atom is -0.481 e. The molecule has 0 fully saturated rings. The van der Waals surface area contributed by atoms with Crippen LogP contribution in [0.5, 0.6) is 0 Å². The maximum Gasteiger partial charge on any atom is 0.309 e. The molecule has 23 heavy (non-hydrogen) atoms. The molecule has 6 nitrogen and oxygen atoms in total. The third-order valence-electron chi connectivity index (χ3n) is 3.28. The van der Waals surface area contributed by atoms with E-state index in [-0.39, 0.29) is 6.42 Å². The van der Waals surface area contributed by atoms with Gasteiger partial charge in [0.05, 0.1) is 17.8 Å². The Hall–Kier alpha value is -2.73. The maximum atomic E-state index is 11.1. The van der Waals surface area contributed by atoms with Crippen molar-refractivity contribution in [2.24, 2.45) is 10.2 Å². The molecule has 1 aromatic carbocycles. The van der Waals surface area contributed by atoms with E-state index in [0.717, 1.165) is 5.56 Å². The number of carbonyl (C=O) groups is 1. The van der Waals surface area contributed by atoms with Gasteiger partial charge >= 0.3 is 5.97 Å². The van der Waals surface area contributed by atoms with Crippen LogP contribution >= 0.6 is 11.6 Å². The summed E-state index contributed by atoms with van der Waals surface area (Å²) in [6, 6.07) is 10.7. The van der Waals surface area contributed by atoms with E-state index < -0.39 is 5.97 Å². The van der Waals surface area contributed by atoms with Crippen molar-refractivity contribution >= 4 is 34.7 Å². The van der Waals surface area contributed by atoms with Crippen molar-refractivity contribution in [3.63, 3.8) is 0 Å². The molecule has 0 atom stereocenters. The first-order valence-corrected chi connectivity index (χ1v) is 7.28. The third kappa shape index (κ3) is 3.22. The number of hydrogen-bond acceptors (Lipinski definition) is 4. The lowest BCUT2D eigenvalue weighted by Gasteiger charge is -1.99. The Morgan fingerprint density at radius 2 is 2.13 bits per heavy atom. The summed E-state index contributed by atoms with van der Waals surface area (Å²) < 4.78 is 1.74. The molecule has 3 rings (SSSR count).